The molecule has 346 valence electrons. The Kier molecular flexibility index (Phi) is 12.0. The number of ether oxygens (including phenoxy) is 3. The summed E-state index contributed by atoms with van der Waals surface area (Å²) in [5.74, 6) is 0.852. The molecule has 63 heavy (non-hydrogen) atoms. The van der Waals surface area contributed by atoms with E-state index in [4.69, 9.17) is 19.2 Å². The van der Waals surface area contributed by atoms with Crippen LogP contribution in [0.1, 0.15) is 144 Å². The first-order valence-corrected chi connectivity index (χ1v) is 23.9. The third-order valence-electron chi connectivity index (χ3n) is 19.1. The zero-order chi connectivity index (χ0) is 45.5. The van der Waals surface area contributed by atoms with Gasteiger partial charge in [-0.1, -0.05) is 58.9 Å². The van der Waals surface area contributed by atoms with Gasteiger partial charge in [-0.2, -0.15) is 0 Å². The molecule has 2 aromatic rings. The molecule has 8 rings (SSSR count). The minimum atomic E-state index is -1.18. The molecule has 6 fully saturated rings. The third-order valence-corrected chi connectivity index (χ3v) is 19.1. The maximum absolute atomic E-state index is 15.9. The molecule has 5 aliphatic carbocycles. The van der Waals surface area contributed by atoms with Crippen molar-refractivity contribution in [3.63, 3.8) is 0 Å². The largest absolute Gasteiger partial charge is 0.481 e. The molecule has 0 spiro atoms. The highest BCUT2D eigenvalue weighted by Crippen LogP contribution is 2.78. The number of halogens is 1. The Morgan fingerprint density at radius 2 is 1.73 bits per heavy atom. The normalized spacial score (nSPS) is 38.2. The Morgan fingerprint density at radius 1 is 0.968 bits per heavy atom. The number of fused-ring (bicyclic) bond motifs is 7. The van der Waals surface area contributed by atoms with Crippen LogP contribution in [-0.4, -0.2) is 76.9 Å². The summed E-state index contributed by atoms with van der Waals surface area (Å²) >= 11 is 0. The Labute approximate surface area is 374 Å². The second-order valence-corrected chi connectivity index (χ2v) is 22.9. The Morgan fingerprint density at radius 3 is 2.43 bits per heavy atom. The second kappa shape index (κ2) is 16.4. The van der Waals surface area contributed by atoms with Gasteiger partial charge < -0.3 is 29.2 Å². The summed E-state index contributed by atoms with van der Waals surface area (Å²) in [5.41, 5.74) is 0.697. The van der Waals surface area contributed by atoms with E-state index in [-0.39, 0.29) is 69.9 Å². The fraction of sp³-hybridized carbons (Fsp3) is 0.731. The van der Waals surface area contributed by atoms with E-state index in [1.165, 1.54) is 17.7 Å². The van der Waals surface area contributed by atoms with E-state index < -0.39 is 22.8 Å². The van der Waals surface area contributed by atoms with Crippen LogP contribution in [0.2, 0.25) is 0 Å². The van der Waals surface area contributed by atoms with E-state index in [1.807, 2.05) is 12.3 Å². The number of aliphatic carboxylic acids is 1. The molecule has 0 radical (unpaired) electrons. The standard InChI is InChI=1S/C52H74FN3O7/c1-31(2)35-16-21-52(45(58)56-30-34(62-25-24-61-10)27-38(56)44-54-29-37(55-44)32-12-11-13-33(53)26-32)23-22-50(8)36(43(35)52)14-15-40-49(7)19-18-41(63-42(57)28-47(3,4)46(59)60)48(5,6)39(49)17-20-51(40,50)9/h11-13,26,29,34-36,38-41,43H,1,14-25,27-28,30H2,2-10H3,(H,54,55)(H,59,60)/t34-,35+,36-,38+,39+,40-,41+,43-,49+,50-,51-,52+/m1/s1. The van der Waals surface area contributed by atoms with Crippen LogP contribution < -0.4 is 0 Å². The van der Waals surface area contributed by atoms with E-state index >= 15 is 4.79 Å². The van der Waals surface area contributed by atoms with Crippen LogP contribution in [-0.2, 0) is 28.6 Å². The number of hydrogen-bond donors (Lipinski definition) is 2. The number of nitrogens with one attached hydrogen (secondary N) is 1. The quantitative estimate of drug-likeness (QED) is 0.122. The number of esters is 1. The number of amides is 1. The summed E-state index contributed by atoms with van der Waals surface area (Å²) in [5, 5.41) is 9.69. The van der Waals surface area contributed by atoms with Crippen molar-refractivity contribution in [2.75, 3.05) is 26.9 Å². The number of imidazole rings is 1. The number of carboxylic acid groups (broad SMARTS) is 1. The van der Waals surface area contributed by atoms with Gasteiger partial charge in [-0.3, -0.25) is 14.4 Å². The maximum atomic E-state index is 15.9. The monoisotopic (exact) mass is 872 g/mol. The molecule has 6 aliphatic rings. The number of carbonyl (C=O) groups excluding carboxylic acids is 2. The number of aromatic amines is 1. The van der Waals surface area contributed by atoms with Gasteiger partial charge >= 0.3 is 11.9 Å². The molecule has 1 saturated heterocycles. The Hall–Kier alpha value is -3.57. The number of H-pyrrole nitrogens is 1. The highest BCUT2D eigenvalue weighted by atomic mass is 19.1. The summed E-state index contributed by atoms with van der Waals surface area (Å²) in [7, 11) is 1.67. The van der Waals surface area contributed by atoms with E-state index in [9.17, 15) is 19.1 Å². The number of carboxylic acids is 1. The van der Waals surface area contributed by atoms with Crippen molar-refractivity contribution in [2.45, 2.75) is 151 Å². The lowest BCUT2D eigenvalue weighted by Gasteiger charge is -2.73. The fourth-order valence-corrected chi connectivity index (χ4v) is 15.6. The predicted octanol–water partition coefficient (Wildman–Crippen LogP) is 10.6. The number of hydrogen-bond acceptors (Lipinski definition) is 7. The van der Waals surface area contributed by atoms with Crippen LogP contribution in [0.4, 0.5) is 4.39 Å². The number of methoxy groups -OCH3 is 1. The molecule has 12 atom stereocenters. The van der Waals surface area contributed by atoms with Gasteiger partial charge in [0.2, 0.25) is 5.91 Å². The lowest BCUT2D eigenvalue weighted by molar-refractivity contribution is -0.250. The molecule has 1 amide bonds. The average Bonchev–Trinajstić information content (AvgIpc) is 3.97. The zero-order valence-corrected chi connectivity index (χ0v) is 39.5. The first kappa shape index (κ1) is 46.0. The van der Waals surface area contributed by atoms with Crippen LogP contribution in [0.5, 0.6) is 0 Å². The molecule has 5 saturated carbocycles. The zero-order valence-electron chi connectivity index (χ0n) is 39.5. The number of nitrogens with zero attached hydrogens (tertiary/aromatic N) is 2. The molecule has 1 aromatic heterocycles. The summed E-state index contributed by atoms with van der Waals surface area (Å²) in [6.07, 6.45) is 11.6. The topological polar surface area (TPSA) is 131 Å². The predicted molar refractivity (Wildman–Crippen MR) is 240 cm³/mol. The first-order valence-electron chi connectivity index (χ1n) is 23.9. The summed E-state index contributed by atoms with van der Waals surface area (Å²) in [6.45, 7) is 23.7. The number of allylic oxidation sites excluding steroid dienone is 1. The number of rotatable bonds is 12. The van der Waals surface area contributed by atoms with Crippen molar-refractivity contribution in [1.29, 1.82) is 0 Å². The van der Waals surface area contributed by atoms with Crippen molar-refractivity contribution >= 4 is 17.8 Å². The number of aromatic nitrogens is 2. The van der Waals surface area contributed by atoms with Crippen molar-refractivity contribution in [2.24, 2.45) is 62.1 Å². The number of likely N-dealkylation sites (tertiary alicyclic amines) is 1. The van der Waals surface area contributed by atoms with Crippen LogP contribution in [0.15, 0.2) is 42.6 Å². The summed E-state index contributed by atoms with van der Waals surface area (Å²) in [4.78, 5) is 51.5. The van der Waals surface area contributed by atoms with Gasteiger partial charge in [-0.05, 0) is 143 Å². The Balaban J connectivity index is 1.08. The van der Waals surface area contributed by atoms with Gasteiger partial charge in [-0.25, -0.2) is 9.37 Å². The fourth-order valence-electron chi connectivity index (χ4n) is 15.6. The van der Waals surface area contributed by atoms with E-state index in [2.05, 4.69) is 58.0 Å². The Bertz CT molecular complexity index is 2100. The van der Waals surface area contributed by atoms with E-state index in [0.717, 1.165) is 64.2 Å². The molecular formula is C52H74FN3O7. The molecule has 11 heteroatoms. The van der Waals surface area contributed by atoms with E-state index in [0.29, 0.717) is 61.0 Å². The summed E-state index contributed by atoms with van der Waals surface area (Å²) in [6, 6.07) is 6.17. The molecular weight excluding hydrogens is 798 g/mol. The average molecular weight is 872 g/mol. The highest BCUT2D eigenvalue weighted by molar-refractivity contribution is 5.85. The molecule has 0 bridgehead atoms. The van der Waals surface area contributed by atoms with Gasteiger partial charge in [0.15, 0.2) is 0 Å². The van der Waals surface area contributed by atoms with Gasteiger partial charge in [0.25, 0.3) is 0 Å². The van der Waals surface area contributed by atoms with Crippen molar-refractivity contribution in [3.05, 3.63) is 54.3 Å². The van der Waals surface area contributed by atoms with Gasteiger partial charge in [0.1, 0.15) is 17.7 Å². The molecule has 2 N–H and O–H groups in total. The van der Waals surface area contributed by atoms with Crippen LogP contribution in [0.25, 0.3) is 11.3 Å². The smallest absolute Gasteiger partial charge is 0.309 e. The van der Waals surface area contributed by atoms with Crippen LogP contribution in [0, 0.1) is 67.9 Å². The van der Waals surface area contributed by atoms with Gasteiger partial charge in [0, 0.05) is 37.3 Å². The minimum absolute atomic E-state index is 0.0172. The minimum Gasteiger partial charge on any atom is -0.481 e. The lowest BCUT2D eigenvalue weighted by atomic mass is 9.32. The number of benzene rings is 1. The van der Waals surface area contributed by atoms with Crippen LogP contribution in [0.3, 0.4) is 0 Å². The van der Waals surface area contributed by atoms with Crippen LogP contribution >= 0.6 is 0 Å². The molecule has 0 unspecified atom stereocenters. The van der Waals surface area contributed by atoms with Gasteiger partial charge in [-0.15, -0.1) is 0 Å². The second-order valence-electron chi connectivity index (χ2n) is 22.9. The highest BCUT2D eigenvalue weighted by Gasteiger charge is 2.72. The van der Waals surface area contributed by atoms with E-state index in [1.54, 1.807) is 27.0 Å². The number of carbonyl (C=O) groups is 3. The molecule has 1 aromatic carbocycles. The van der Waals surface area contributed by atoms with Crippen molar-refractivity contribution in [3.8, 4) is 11.3 Å². The molecule has 1 aliphatic heterocycles. The first-order chi connectivity index (χ1) is 29.6. The van der Waals surface area contributed by atoms with Gasteiger partial charge in [0.05, 0.1) is 48.3 Å². The SMILES string of the molecule is C=C(C)[C@@H]1CC[C@]2(C(=O)N3C[C@H](OCCOC)C[C@H]3c3nc(-c4cccc(F)c4)c[nH]3)CC[C@]3(C)[C@H](CC[C@@H]4[C@@]5(C)CC[C@H](OC(=O)CC(C)(C)C(=O)O)C(C)(C)[C@@H]5CC[C@]43C)[C@@H]12. The third kappa shape index (κ3) is 7.41. The van der Waals surface area contributed by atoms with Crippen molar-refractivity contribution in [1.82, 2.24) is 14.9 Å². The summed E-state index contributed by atoms with van der Waals surface area (Å²) < 4.78 is 32.2. The molecule has 2 heterocycles. The van der Waals surface area contributed by atoms with Crippen molar-refractivity contribution < 1.29 is 38.1 Å². The lowest BCUT2D eigenvalue weighted by Crippen LogP contribution is -2.67. The maximum Gasteiger partial charge on any atom is 0.309 e. The molecule has 10 nitrogen and oxygen atoms in total.